The second kappa shape index (κ2) is 4.58. The summed E-state index contributed by atoms with van der Waals surface area (Å²) in [5.41, 5.74) is 9.21. The Morgan fingerprint density at radius 1 is 1.44 bits per heavy atom. The molecule has 0 heterocycles. The molecule has 0 bridgehead atoms. The van der Waals surface area contributed by atoms with Crippen molar-refractivity contribution in [2.24, 2.45) is 11.7 Å². The van der Waals surface area contributed by atoms with Gasteiger partial charge in [-0.2, -0.15) is 0 Å². The van der Waals surface area contributed by atoms with Gasteiger partial charge in [0.1, 0.15) is 0 Å². The SMILES string of the molecule is CCC1CCCC(N)(c2cccc(C)c2)C1. The van der Waals surface area contributed by atoms with E-state index in [2.05, 4.69) is 38.1 Å². The van der Waals surface area contributed by atoms with E-state index in [1.807, 2.05) is 0 Å². The van der Waals surface area contributed by atoms with E-state index < -0.39 is 0 Å². The smallest absolute Gasteiger partial charge is 0.0412 e. The van der Waals surface area contributed by atoms with E-state index in [0.29, 0.717) is 0 Å². The minimum atomic E-state index is -0.0645. The summed E-state index contributed by atoms with van der Waals surface area (Å²) < 4.78 is 0. The maximum Gasteiger partial charge on any atom is 0.0412 e. The molecule has 2 atom stereocenters. The summed E-state index contributed by atoms with van der Waals surface area (Å²) in [7, 11) is 0. The van der Waals surface area contributed by atoms with Crippen LogP contribution in [-0.4, -0.2) is 0 Å². The van der Waals surface area contributed by atoms with Crippen LogP contribution in [0.1, 0.15) is 50.2 Å². The third kappa shape index (κ3) is 2.30. The molecule has 0 amide bonds. The van der Waals surface area contributed by atoms with Gasteiger partial charge in [0, 0.05) is 5.54 Å². The van der Waals surface area contributed by atoms with Crippen molar-refractivity contribution >= 4 is 0 Å². The van der Waals surface area contributed by atoms with Crippen LogP contribution in [0.3, 0.4) is 0 Å². The van der Waals surface area contributed by atoms with Crippen molar-refractivity contribution in [2.75, 3.05) is 0 Å². The molecule has 1 aliphatic rings. The second-order valence-corrected chi connectivity index (χ2v) is 5.40. The predicted octanol–water partition coefficient (Wildman–Crippen LogP) is 3.75. The Kier molecular flexibility index (Phi) is 3.34. The Labute approximate surface area is 99.0 Å². The molecule has 16 heavy (non-hydrogen) atoms. The van der Waals surface area contributed by atoms with Gasteiger partial charge < -0.3 is 5.73 Å². The van der Waals surface area contributed by atoms with Crippen LogP contribution < -0.4 is 5.73 Å². The number of hydrogen-bond donors (Lipinski definition) is 1. The van der Waals surface area contributed by atoms with Crippen molar-refractivity contribution in [1.82, 2.24) is 0 Å². The van der Waals surface area contributed by atoms with Crippen molar-refractivity contribution in [3.05, 3.63) is 35.4 Å². The maximum atomic E-state index is 6.62. The van der Waals surface area contributed by atoms with Crippen LogP contribution in [0.25, 0.3) is 0 Å². The van der Waals surface area contributed by atoms with Gasteiger partial charge in [-0.25, -0.2) is 0 Å². The Balaban J connectivity index is 2.23. The molecule has 1 saturated carbocycles. The van der Waals surface area contributed by atoms with Crippen molar-refractivity contribution in [3.63, 3.8) is 0 Å². The zero-order valence-electron chi connectivity index (χ0n) is 10.5. The fraction of sp³-hybridized carbons (Fsp3) is 0.600. The summed E-state index contributed by atoms with van der Waals surface area (Å²) in [5, 5.41) is 0. The van der Waals surface area contributed by atoms with Crippen LogP contribution in [-0.2, 0) is 5.54 Å². The van der Waals surface area contributed by atoms with Crippen LogP contribution in [0, 0.1) is 12.8 Å². The molecule has 0 aliphatic heterocycles. The minimum absolute atomic E-state index is 0.0645. The normalized spacial score (nSPS) is 30.3. The van der Waals surface area contributed by atoms with Crippen LogP contribution in [0.4, 0.5) is 0 Å². The van der Waals surface area contributed by atoms with Gasteiger partial charge in [0.25, 0.3) is 0 Å². The quantitative estimate of drug-likeness (QED) is 0.802. The van der Waals surface area contributed by atoms with Crippen molar-refractivity contribution in [1.29, 1.82) is 0 Å². The van der Waals surface area contributed by atoms with Crippen LogP contribution in [0.15, 0.2) is 24.3 Å². The van der Waals surface area contributed by atoms with Gasteiger partial charge in [-0.1, -0.05) is 56.0 Å². The monoisotopic (exact) mass is 217 g/mol. The number of aryl methyl sites for hydroxylation is 1. The molecule has 1 fully saturated rings. The molecular formula is C15H23N. The van der Waals surface area contributed by atoms with E-state index in [4.69, 9.17) is 5.73 Å². The van der Waals surface area contributed by atoms with Gasteiger partial charge in [0.15, 0.2) is 0 Å². The lowest BCUT2D eigenvalue weighted by molar-refractivity contribution is 0.221. The Morgan fingerprint density at radius 2 is 2.25 bits per heavy atom. The van der Waals surface area contributed by atoms with Crippen LogP contribution >= 0.6 is 0 Å². The Hall–Kier alpha value is -0.820. The predicted molar refractivity (Wildman–Crippen MR) is 69.3 cm³/mol. The highest BCUT2D eigenvalue weighted by molar-refractivity contribution is 5.29. The van der Waals surface area contributed by atoms with Gasteiger partial charge in [-0.3, -0.25) is 0 Å². The highest BCUT2D eigenvalue weighted by Crippen LogP contribution is 2.39. The van der Waals surface area contributed by atoms with Crippen molar-refractivity contribution < 1.29 is 0 Å². The van der Waals surface area contributed by atoms with E-state index in [0.717, 1.165) is 18.8 Å². The lowest BCUT2D eigenvalue weighted by Gasteiger charge is -2.38. The number of hydrogen-bond acceptors (Lipinski definition) is 1. The summed E-state index contributed by atoms with van der Waals surface area (Å²) in [5.74, 6) is 0.819. The Morgan fingerprint density at radius 3 is 2.94 bits per heavy atom. The van der Waals surface area contributed by atoms with Gasteiger partial charge in [-0.05, 0) is 31.2 Å². The fourth-order valence-corrected chi connectivity index (χ4v) is 2.99. The molecule has 0 radical (unpaired) electrons. The number of nitrogens with two attached hydrogens (primary N) is 1. The zero-order chi connectivity index (χ0) is 11.6. The fourth-order valence-electron chi connectivity index (χ4n) is 2.99. The standard InChI is InChI=1S/C15H23N/c1-3-13-7-5-9-15(16,11-13)14-8-4-6-12(2)10-14/h4,6,8,10,13H,3,5,7,9,11,16H2,1-2H3. The average molecular weight is 217 g/mol. The number of rotatable bonds is 2. The molecule has 1 aromatic carbocycles. The first-order valence-corrected chi connectivity index (χ1v) is 6.50. The number of benzene rings is 1. The third-order valence-electron chi connectivity index (χ3n) is 4.06. The molecule has 2 N–H and O–H groups in total. The topological polar surface area (TPSA) is 26.0 Å². The lowest BCUT2D eigenvalue weighted by Crippen LogP contribution is -2.41. The highest BCUT2D eigenvalue weighted by Gasteiger charge is 2.33. The first-order chi connectivity index (χ1) is 7.64. The summed E-state index contributed by atoms with van der Waals surface area (Å²) in [6, 6.07) is 8.74. The molecule has 1 aromatic rings. The molecule has 0 aromatic heterocycles. The second-order valence-electron chi connectivity index (χ2n) is 5.40. The maximum absolute atomic E-state index is 6.62. The van der Waals surface area contributed by atoms with Gasteiger partial charge >= 0.3 is 0 Å². The molecular weight excluding hydrogens is 194 g/mol. The molecule has 1 aliphatic carbocycles. The molecule has 0 saturated heterocycles. The summed E-state index contributed by atoms with van der Waals surface area (Å²) in [6.07, 6.45) is 6.22. The minimum Gasteiger partial charge on any atom is -0.321 e. The van der Waals surface area contributed by atoms with Gasteiger partial charge in [0.05, 0.1) is 0 Å². The van der Waals surface area contributed by atoms with E-state index >= 15 is 0 Å². The third-order valence-corrected chi connectivity index (χ3v) is 4.06. The summed E-state index contributed by atoms with van der Waals surface area (Å²) >= 11 is 0. The highest BCUT2D eigenvalue weighted by atomic mass is 14.7. The molecule has 1 nitrogen and oxygen atoms in total. The molecule has 2 unspecified atom stereocenters. The van der Waals surface area contributed by atoms with Crippen LogP contribution in [0.2, 0.25) is 0 Å². The molecule has 1 heteroatoms. The van der Waals surface area contributed by atoms with Gasteiger partial charge in [-0.15, -0.1) is 0 Å². The van der Waals surface area contributed by atoms with Gasteiger partial charge in [0.2, 0.25) is 0 Å². The van der Waals surface area contributed by atoms with E-state index in [1.165, 1.54) is 30.4 Å². The largest absolute Gasteiger partial charge is 0.321 e. The van der Waals surface area contributed by atoms with E-state index in [-0.39, 0.29) is 5.54 Å². The molecule has 88 valence electrons. The van der Waals surface area contributed by atoms with E-state index in [9.17, 15) is 0 Å². The Bertz CT molecular complexity index is 358. The van der Waals surface area contributed by atoms with Crippen molar-refractivity contribution in [3.8, 4) is 0 Å². The summed E-state index contributed by atoms with van der Waals surface area (Å²) in [4.78, 5) is 0. The summed E-state index contributed by atoms with van der Waals surface area (Å²) in [6.45, 7) is 4.43. The van der Waals surface area contributed by atoms with Crippen LogP contribution in [0.5, 0.6) is 0 Å². The first-order valence-electron chi connectivity index (χ1n) is 6.50. The molecule has 0 spiro atoms. The average Bonchev–Trinajstić information content (AvgIpc) is 2.29. The zero-order valence-corrected chi connectivity index (χ0v) is 10.5. The lowest BCUT2D eigenvalue weighted by atomic mass is 9.71. The van der Waals surface area contributed by atoms with Crippen molar-refractivity contribution in [2.45, 2.75) is 51.5 Å². The van der Waals surface area contributed by atoms with E-state index in [1.54, 1.807) is 0 Å². The first kappa shape index (κ1) is 11.7. The molecule has 2 rings (SSSR count).